The van der Waals surface area contributed by atoms with E-state index in [2.05, 4.69) is 20.2 Å². The van der Waals surface area contributed by atoms with Crippen molar-refractivity contribution in [2.45, 2.75) is 31.3 Å². The molecule has 0 atom stereocenters. The van der Waals surface area contributed by atoms with Crippen molar-refractivity contribution in [1.29, 1.82) is 0 Å². The van der Waals surface area contributed by atoms with E-state index >= 15 is 0 Å². The van der Waals surface area contributed by atoms with Gasteiger partial charge in [-0.3, -0.25) is 0 Å². The van der Waals surface area contributed by atoms with Crippen molar-refractivity contribution in [3.05, 3.63) is 18.5 Å². The molecule has 1 aliphatic heterocycles. The SMILES string of the molecule is c1cnc(N(C2CCC2)C2CNC2)nc1. The Morgan fingerprint density at radius 1 is 1.13 bits per heavy atom. The molecular weight excluding hydrogens is 188 g/mol. The molecule has 1 aromatic rings. The highest BCUT2D eigenvalue weighted by Gasteiger charge is 2.34. The minimum atomic E-state index is 0.609. The smallest absolute Gasteiger partial charge is 0.225 e. The van der Waals surface area contributed by atoms with Crippen molar-refractivity contribution in [3.8, 4) is 0 Å². The number of nitrogens with zero attached hydrogens (tertiary/aromatic N) is 3. The van der Waals surface area contributed by atoms with E-state index < -0.39 is 0 Å². The van der Waals surface area contributed by atoms with Crippen LogP contribution in [0, 0.1) is 0 Å². The summed E-state index contributed by atoms with van der Waals surface area (Å²) in [6.45, 7) is 2.16. The highest BCUT2D eigenvalue weighted by atomic mass is 15.3. The van der Waals surface area contributed by atoms with E-state index in [0.717, 1.165) is 19.0 Å². The number of aromatic nitrogens is 2. The predicted octanol–water partition coefficient (Wildman–Crippen LogP) is 0.807. The third kappa shape index (κ3) is 1.59. The summed E-state index contributed by atoms with van der Waals surface area (Å²) >= 11 is 0. The summed E-state index contributed by atoms with van der Waals surface area (Å²) in [7, 11) is 0. The van der Waals surface area contributed by atoms with Gasteiger partial charge in [0.2, 0.25) is 5.95 Å². The van der Waals surface area contributed by atoms with Crippen molar-refractivity contribution in [3.63, 3.8) is 0 Å². The summed E-state index contributed by atoms with van der Waals surface area (Å²) in [5, 5.41) is 3.32. The minimum absolute atomic E-state index is 0.609. The quantitative estimate of drug-likeness (QED) is 0.791. The zero-order valence-corrected chi connectivity index (χ0v) is 8.76. The zero-order valence-electron chi connectivity index (χ0n) is 8.76. The first-order valence-corrected chi connectivity index (χ1v) is 5.71. The fraction of sp³-hybridized carbons (Fsp3) is 0.636. The Hall–Kier alpha value is -1.16. The van der Waals surface area contributed by atoms with Crippen LogP contribution in [0.5, 0.6) is 0 Å². The zero-order chi connectivity index (χ0) is 10.1. The molecule has 0 amide bonds. The monoisotopic (exact) mass is 204 g/mol. The first-order valence-electron chi connectivity index (χ1n) is 5.71. The van der Waals surface area contributed by atoms with Crippen molar-refractivity contribution in [2.24, 2.45) is 0 Å². The van der Waals surface area contributed by atoms with Crippen LogP contribution in [0.3, 0.4) is 0 Å². The molecule has 1 saturated carbocycles. The van der Waals surface area contributed by atoms with Crippen molar-refractivity contribution in [1.82, 2.24) is 15.3 Å². The molecule has 2 aliphatic rings. The fourth-order valence-corrected chi connectivity index (χ4v) is 2.18. The normalized spacial score (nSPS) is 21.9. The maximum Gasteiger partial charge on any atom is 0.225 e. The molecule has 1 aliphatic carbocycles. The third-order valence-corrected chi connectivity index (χ3v) is 3.40. The predicted molar refractivity (Wildman–Crippen MR) is 58.8 cm³/mol. The van der Waals surface area contributed by atoms with E-state index in [-0.39, 0.29) is 0 Å². The van der Waals surface area contributed by atoms with Gasteiger partial charge in [-0.05, 0) is 25.3 Å². The van der Waals surface area contributed by atoms with Crippen molar-refractivity contribution < 1.29 is 0 Å². The van der Waals surface area contributed by atoms with Gasteiger partial charge in [0.15, 0.2) is 0 Å². The molecule has 1 aromatic heterocycles. The van der Waals surface area contributed by atoms with Crippen LogP contribution in [-0.2, 0) is 0 Å². The van der Waals surface area contributed by atoms with Gasteiger partial charge in [0, 0.05) is 31.5 Å². The maximum atomic E-state index is 4.37. The lowest BCUT2D eigenvalue weighted by Crippen LogP contribution is -2.62. The van der Waals surface area contributed by atoms with Crippen LogP contribution in [0.25, 0.3) is 0 Å². The average molecular weight is 204 g/mol. The van der Waals surface area contributed by atoms with Crippen LogP contribution >= 0.6 is 0 Å². The van der Waals surface area contributed by atoms with E-state index in [0.29, 0.717) is 12.1 Å². The molecular formula is C11H16N4. The molecule has 1 saturated heterocycles. The molecule has 0 aromatic carbocycles. The second-order valence-corrected chi connectivity index (χ2v) is 4.35. The number of anilines is 1. The van der Waals surface area contributed by atoms with Gasteiger partial charge in [-0.15, -0.1) is 0 Å². The van der Waals surface area contributed by atoms with Crippen molar-refractivity contribution in [2.75, 3.05) is 18.0 Å². The maximum absolute atomic E-state index is 4.37. The van der Waals surface area contributed by atoms with E-state index in [1.54, 1.807) is 0 Å². The van der Waals surface area contributed by atoms with Crippen LogP contribution in [0.15, 0.2) is 18.5 Å². The lowest BCUT2D eigenvalue weighted by molar-refractivity contribution is 0.307. The molecule has 2 heterocycles. The van der Waals surface area contributed by atoms with Gasteiger partial charge in [-0.1, -0.05) is 0 Å². The Bertz CT molecular complexity index is 305. The molecule has 2 fully saturated rings. The summed E-state index contributed by atoms with van der Waals surface area (Å²) in [5.41, 5.74) is 0. The van der Waals surface area contributed by atoms with E-state index in [9.17, 15) is 0 Å². The summed E-state index contributed by atoms with van der Waals surface area (Å²) in [6, 6.07) is 3.17. The van der Waals surface area contributed by atoms with Gasteiger partial charge in [0.05, 0.1) is 6.04 Å². The average Bonchev–Trinajstić information content (AvgIpc) is 2.13. The van der Waals surface area contributed by atoms with Gasteiger partial charge in [-0.2, -0.15) is 0 Å². The van der Waals surface area contributed by atoms with Gasteiger partial charge in [0.1, 0.15) is 0 Å². The highest BCUT2D eigenvalue weighted by molar-refractivity contribution is 5.35. The largest absolute Gasteiger partial charge is 0.332 e. The summed E-state index contributed by atoms with van der Waals surface area (Å²) in [4.78, 5) is 11.2. The number of nitrogens with one attached hydrogen (secondary N) is 1. The molecule has 15 heavy (non-hydrogen) atoms. The molecule has 80 valence electrons. The van der Waals surface area contributed by atoms with Gasteiger partial charge in [0.25, 0.3) is 0 Å². The van der Waals surface area contributed by atoms with E-state index in [4.69, 9.17) is 0 Å². The molecule has 0 unspecified atom stereocenters. The van der Waals surface area contributed by atoms with Crippen molar-refractivity contribution >= 4 is 5.95 Å². The second-order valence-electron chi connectivity index (χ2n) is 4.35. The number of hydrogen-bond acceptors (Lipinski definition) is 4. The minimum Gasteiger partial charge on any atom is -0.332 e. The Morgan fingerprint density at radius 3 is 2.33 bits per heavy atom. The molecule has 4 heteroatoms. The molecule has 0 bridgehead atoms. The topological polar surface area (TPSA) is 41.1 Å². The van der Waals surface area contributed by atoms with Crippen LogP contribution in [0.4, 0.5) is 5.95 Å². The van der Waals surface area contributed by atoms with Gasteiger partial charge < -0.3 is 10.2 Å². The van der Waals surface area contributed by atoms with E-state index in [1.165, 1.54) is 19.3 Å². The third-order valence-electron chi connectivity index (χ3n) is 3.40. The molecule has 0 radical (unpaired) electrons. The molecule has 1 N–H and O–H groups in total. The summed E-state index contributed by atoms with van der Waals surface area (Å²) in [5.74, 6) is 0.911. The van der Waals surface area contributed by atoms with Crippen LogP contribution in [0.1, 0.15) is 19.3 Å². The molecule has 0 spiro atoms. The Morgan fingerprint density at radius 2 is 1.87 bits per heavy atom. The Labute approximate surface area is 89.7 Å². The standard InChI is InChI=1S/C11H16N4/c1-3-9(4-1)15(10-7-12-8-10)11-13-5-2-6-14-11/h2,5-6,9-10,12H,1,3-4,7-8H2. The lowest BCUT2D eigenvalue weighted by atomic mass is 9.89. The summed E-state index contributed by atoms with van der Waals surface area (Å²) < 4.78 is 0. The first kappa shape index (κ1) is 9.09. The number of rotatable bonds is 3. The number of hydrogen-bond donors (Lipinski definition) is 1. The van der Waals surface area contributed by atoms with Crippen LogP contribution in [0.2, 0.25) is 0 Å². The van der Waals surface area contributed by atoms with Crippen LogP contribution in [-0.4, -0.2) is 35.1 Å². The van der Waals surface area contributed by atoms with Crippen LogP contribution < -0.4 is 10.2 Å². The van der Waals surface area contributed by atoms with Gasteiger partial charge in [-0.25, -0.2) is 9.97 Å². The lowest BCUT2D eigenvalue weighted by Gasteiger charge is -2.46. The Kier molecular flexibility index (Phi) is 2.29. The first-order chi connectivity index (χ1) is 7.45. The molecule has 4 nitrogen and oxygen atoms in total. The van der Waals surface area contributed by atoms with Gasteiger partial charge >= 0.3 is 0 Å². The van der Waals surface area contributed by atoms with E-state index in [1.807, 2.05) is 18.5 Å². The second kappa shape index (κ2) is 3.77. The molecule has 3 rings (SSSR count). The summed E-state index contributed by atoms with van der Waals surface area (Å²) in [6.07, 6.45) is 7.62. The Balaban J connectivity index is 1.82. The fourth-order valence-electron chi connectivity index (χ4n) is 2.18. The highest BCUT2D eigenvalue weighted by Crippen LogP contribution is 2.30.